The van der Waals surface area contributed by atoms with Crippen LogP contribution >= 0.6 is 0 Å². The first-order valence-corrected chi connectivity index (χ1v) is 9.19. The topological polar surface area (TPSA) is 111 Å². The number of nitrogens with zero attached hydrogens (tertiary/aromatic N) is 5. The van der Waals surface area contributed by atoms with Gasteiger partial charge in [0.25, 0.3) is 0 Å². The number of ether oxygens (including phenoxy) is 2. The Hall–Kier alpha value is -3.49. The van der Waals surface area contributed by atoms with Gasteiger partial charge in [-0.2, -0.15) is 0 Å². The number of carboxylic acid groups (broad SMARTS) is 1. The summed E-state index contributed by atoms with van der Waals surface area (Å²) in [7, 11) is 3.16. The van der Waals surface area contributed by atoms with E-state index in [9.17, 15) is 9.90 Å². The first-order valence-electron chi connectivity index (χ1n) is 9.19. The lowest BCUT2D eigenvalue weighted by molar-refractivity contribution is 0.122. The van der Waals surface area contributed by atoms with Gasteiger partial charge >= 0.3 is 6.09 Å². The van der Waals surface area contributed by atoms with Crippen molar-refractivity contribution in [2.45, 2.75) is 18.3 Å². The summed E-state index contributed by atoms with van der Waals surface area (Å²) < 4.78 is 10.9. The highest BCUT2D eigenvalue weighted by molar-refractivity contribution is 5.86. The van der Waals surface area contributed by atoms with Crippen molar-refractivity contribution in [1.29, 1.82) is 0 Å². The average molecular weight is 395 g/mol. The Morgan fingerprint density at radius 1 is 1.03 bits per heavy atom. The third-order valence-corrected chi connectivity index (χ3v) is 5.59. The predicted octanol–water partition coefficient (Wildman–Crippen LogP) is 2.50. The minimum Gasteiger partial charge on any atom is -0.493 e. The number of piperidine rings is 1. The number of hydrogen-bond donors (Lipinski definition) is 1. The van der Waals surface area contributed by atoms with E-state index in [0.717, 1.165) is 22.2 Å². The molecule has 1 aliphatic rings. The minimum absolute atomic E-state index is 0.392. The highest BCUT2D eigenvalue weighted by Gasteiger charge is 2.42. The van der Waals surface area contributed by atoms with Gasteiger partial charge in [0.05, 0.1) is 25.4 Å². The molecule has 0 spiro atoms. The maximum absolute atomic E-state index is 11.5. The van der Waals surface area contributed by atoms with Crippen LogP contribution in [-0.4, -0.2) is 63.3 Å². The van der Waals surface area contributed by atoms with Gasteiger partial charge in [0.2, 0.25) is 0 Å². The minimum atomic E-state index is -0.915. The van der Waals surface area contributed by atoms with E-state index in [4.69, 9.17) is 9.47 Å². The van der Waals surface area contributed by atoms with Crippen LogP contribution in [0.5, 0.6) is 11.5 Å². The van der Waals surface area contributed by atoms with Crippen LogP contribution in [0, 0.1) is 0 Å². The number of rotatable bonds is 4. The largest absolute Gasteiger partial charge is 0.493 e. The SMILES string of the molecule is COc1cc2ncnc(C3(c4cncnc4)CCN(C(=O)O)CC3)c2cc1OC. The quantitative estimate of drug-likeness (QED) is 0.717. The molecule has 150 valence electrons. The van der Waals surface area contributed by atoms with Crippen molar-refractivity contribution in [3.05, 3.63) is 48.4 Å². The summed E-state index contributed by atoms with van der Waals surface area (Å²) in [5.74, 6) is 1.17. The van der Waals surface area contributed by atoms with Gasteiger partial charge in [-0.15, -0.1) is 0 Å². The van der Waals surface area contributed by atoms with Crippen LogP contribution in [0.15, 0.2) is 37.2 Å². The molecule has 0 saturated carbocycles. The molecule has 1 aliphatic heterocycles. The second-order valence-electron chi connectivity index (χ2n) is 6.93. The molecule has 29 heavy (non-hydrogen) atoms. The molecule has 3 heterocycles. The van der Waals surface area contributed by atoms with E-state index in [1.54, 1.807) is 26.6 Å². The molecule has 9 heteroatoms. The van der Waals surface area contributed by atoms with E-state index in [1.807, 2.05) is 12.1 Å². The van der Waals surface area contributed by atoms with Crippen LogP contribution in [0.25, 0.3) is 10.9 Å². The van der Waals surface area contributed by atoms with Crippen molar-refractivity contribution in [2.75, 3.05) is 27.3 Å². The highest BCUT2D eigenvalue weighted by atomic mass is 16.5. The maximum Gasteiger partial charge on any atom is 0.407 e. The van der Waals surface area contributed by atoms with Gasteiger partial charge in [-0.1, -0.05) is 0 Å². The fourth-order valence-electron chi connectivity index (χ4n) is 4.05. The van der Waals surface area contributed by atoms with E-state index in [1.165, 1.54) is 17.6 Å². The molecule has 1 N–H and O–H groups in total. The number of aromatic nitrogens is 4. The number of benzene rings is 1. The Bertz CT molecular complexity index is 1040. The Morgan fingerprint density at radius 3 is 2.31 bits per heavy atom. The van der Waals surface area contributed by atoms with Crippen LogP contribution in [0.2, 0.25) is 0 Å². The Labute approximate surface area is 167 Å². The Morgan fingerprint density at radius 2 is 1.69 bits per heavy atom. The molecule has 2 aromatic heterocycles. The average Bonchev–Trinajstić information content (AvgIpc) is 2.78. The Kier molecular flexibility index (Phi) is 4.87. The van der Waals surface area contributed by atoms with Crippen LogP contribution in [-0.2, 0) is 5.41 Å². The van der Waals surface area contributed by atoms with Gasteiger partial charge in [-0.05, 0) is 18.9 Å². The number of carbonyl (C=O) groups is 1. The molecule has 4 rings (SSSR count). The van der Waals surface area contributed by atoms with Gasteiger partial charge in [0, 0.05) is 47.9 Å². The summed E-state index contributed by atoms with van der Waals surface area (Å²) in [6, 6.07) is 3.69. The summed E-state index contributed by atoms with van der Waals surface area (Å²) in [5, 5.41) is 10.2. The number of methoxy groups -OCH3 is 2. The lowest BCUT2D eigenvalue weighted by atomic mass is 9.70. The van der Waals surface area contributed by atoms with Crippen molar-refractivity contribution < 1.29 is 19.4 Å². The van der Waals surface area contributed by atoms with Crippen LogP contribution in [0.1, 0.15) is 24.1 Å². The number of hydrogen-bond acceptors (Lipinski definition) is 7. The van der Waals surface area contributed by atoms with Gasteiger partial charge in [0.1, 0.15) is 12.7 Å². The van der Waals surface area contributed by atoms with Crippen molar-refractivity contribution in [3.8, 4) is 11.5 Å². The molecule has 1 fully saturated rings. The molecule has 1 saturated heterocycles. The molecule has 1 aromatic carbocycles. The molecule has 0 bridgehead atoms. The van der Waals surface area contributed by atoms with Crippen LogP contribution in [0.4, 0.5) is 4.79 Å². The molecule has 0 atom stereocenters. The third-order valence-electron chi connectivity index (χ3n) is 5.59. The lowest BCUT2D eigenvalue weighted by Gasteiger charge is -2.41. The second kappa shape index (κ2) is 7.50. The normalized spacial score (nSPS) is 15.9. The number of amides is 1. The van der Waals surface area contributed by atoms with Crippen molar-refractivity contribution in [1.82, 2.24) is 24.8 Å². The zero-order valence-corrected chi connectivity index (χ0v) is 16.2. The van der Waals surface area contributed by atoms with E-state index >= 15 is 0 Å². The first-order chi connectivity index (χ1) is 14.1. The summed E-state index contributed by atoms with van der Waals surface area (Å²) in [4.78, 5) is 30.3. The fraction of sp³-hybridized carbons (Fsp3) is 0.350. The van der Waals surface area contributed by atoms with E-state index in [0.29, 0.717) is 37.4 Å². The summed E-state index contributed by atoms with van der Waals surface area (Å²) in [5.41, 5.74) is 1.90. The van der Waals surface area contributed by atoms with Crippen molar-refractivity contribution >= 4 is 17.0 Å². The van der Waals surface area contributed by atoms with E-state index < -0.39 is 11.5 Å². The zero-order valence-electron chi connectivity index (χ0n) is 16.2. The summed E-state index contributed by atoms with van der Waals surface area (Å²) in [6.45, 7) is 0.784. The number of fused-ring (bicyclic) bond motifs is 1. The monoisotopic (exact) mass is 395 g/mol. The molecular formula is C20H21N5O4. The standard InChI is InChI=1S/C20H21N5O4/c1-28-16-7-14-15(8-17(16)29-2)23-12-24-18(14)20(13-9-21-11-22-10-13)3-5-25(6-4-20)19(26)27/h7-12H,3-6H2,1-2H3,(H,26,27). The van der Waals surface area contributed by atoms with Gasteiger partial charge in [-0.3, -0.25) is 0 Å². The third kappa shape index (κ3) is 3.18. The van der Waals surface area contributed by atoms with E-state index in [2.05, 4.69) is 19.9 Å². The summed E-state index contributed by atoms with van der Waals surface area (Å²) >= 11 is 0. The summed E-state index contributed by atoms with van der Waals surface area (Å²) in [6.07, 6.45) is 6.77. The molecule has 0 radical (unpaired) electrons. The zero-order chi connectivity index (χ0) is 20.4. The van der Waals surface area contributed by atoms with Crippen molar-refractivity contribution in [2.24, 2.45) is 0 Å². The molecule has 1 amide bonds. The fourth-order valence-corrected chi connectivity index (χ4v) is 4.05. The Balaban J connectivity index is 1.92. The molecule has 0 unspecified atom stereocenters. The molecule has 3 aromatic rings. The van der Waals surface area contributed by atoms with Crippen molar-refractivity contribution in [3.63, 3.8) is 0 Å². The highest BCUT2D eigenvalue weighted by Crippen LogP contribution is 2.44. The molecule has 9 nitrogen and oxygen atoms in total. The van der Waals surface area contributed by atoms with Crippen LogP contribution in [0.3, 0.4) is 0 Å². The first kappa shape index (κ1) is 18.9. The van der Waals surface area contributed by atoms with Gasteiger partial charge in [0.15, 0.2) is 11.5 Å². The maximum atomic E-state index is 11.5. The van der Waals surface area contributed by atoms with E-state index in [-0.39, 0.29) is 0 Å². The van der Waals surface area contributed by atoms with Gasteiger partial charge < -0.3 is 19.5 Å². The lowest BCUT2D eigenvalue weighted by Crippen LogP contribution is -2.45. The molecule has 0 aliphatic carbocycles. The smallest absolute Gasteiger partial charge is 0.407 e. The van der Waals surface area contributed by atoms with Gasteiger partial charge in [-0.25, -0.2) is 24.7 Å². The second-order valence-corrected chi connectivity index (χ2v) is 6.93. The van der Waals surface area contributed by atoms with Crippen LogP contribution < -0.4 is 9.47 Å². The number of likely N-dealkylation sites (tertiary alicyclic amines) is 1. The predicted molar refractivity (Wildman–Crippen MR) is 104 cm³/mol. The molecular weight excluding hydrogens is 374 g/mol.